The quantitative estimate of drug-likeness (QED) is 0.724. The minimum Gasteiger partial charge on any atom is -0.497 e. The van der Waals surface area contributed by atoms with Crippen LogP contribution in [0.25, 0.3) is 22.2 Å². The Morgan fingerprint density at radius 1 is 1.14 bits per heavy atom. The number of nitrogens with one attached hydrogen (secondary N) is 1. The normalized spacial score (nSPS) is 14.7. The summed E-state index contributed by atoms with van der Waals surface area (Å²) in [6, 6.07) is 14.1. The molecule has 1 amide bonds. The van der Waals surface area contributed by atoms with Crippen LogP contribution < -0.4 is 14.8 Å². The molecule has 1 saturated heterocycles. The lowest BCUT2D eigenvalue weighted by molar-refractivity contribution is -0.124. The van der Waals surface area contributed by atoms with Crippen molar-refractivity contribution in [3.05, 3.63) is 53.6 Å². The number of carbonyl (C=O) groups is 1. The highest BCUT2D eigenvalue weighted by molar-refractivity contribution is 5.87. The van der Waals surface area contributed by atoms with Crippen LogP contribution in [0.3, 0.4) is 0 Å². The zero-order chi connectivity index (χ0) is 20.4. The van der Waals surface area contributed by atoms with Gasteiger partial charge in [0.15, 0.2) is 0 Å². The van der Waals surface area contributed by atoms with Crippen LogP contribution in [0, 0.1) is 6.92 Å². The number of aryl methyl sites for hydroxylation is 1. The second-order valence-electron chi connectivity index (χ2n) is 7.27. The van der Waals surface area contributed by atoms with Crippen LogP contribution in [0.4, 0.5) is 0 Å². The van der Waals surface area contributed by atoms with Crippen molar-refractivity contribution in [3.63, 3.8) is 0 Å². The first-order valence-corrected chi connectivity index (χ1v) is 9.69. The van der Waals surface area contributed by atoms with E-state index in [9.17, 15) is 4.79 Å². The molecule has 29 heavy (non-hydrogen) atoms. The zero-order valence-corrected chi connectivity index (χ0v) is 17.0. The van der Waals surface area contributed by atoms with Gasteiger partial charge in [-0.1, -0.05) is 18.2 Å². The van der Waals surface area contributed by atoms with E-state index in [1.165, 1.54) is 0 Å². The van der Waals surface area contributed by atoms with Crippen molar-refractivity contribution in [2.45, 2.75) is 13.5 Å². The summed E-state index contributed by atoms with van der Waals surface area (Å²) in [4.78, 5) is 19.1. The summed E-state index contributed by atoms with van der Waals surface area (Å²) in [5, 5.41) is 3.97. The fourth-order valence-corrected chi connectivity index (χ4v) is 3.81. The van der Waals surface area contributed by atoms with Gasteiger partial charge in [0.1, 0.15) is 11.5 Å². The number of benzene rings is 2. The number of piperazine rings is 1. The van der Waals surface area contributed by atoms with Gasteiger partial charge >= 0.3 is 0 Å². The lowest BCUT2D eigenvalue weighted by atomic mass is 10.00. The third kappa shape index (κ3) is 3.89. The topological polar surface area (TPSA) is 63.7 Å². The maximum absolute atomic E-state index is 11.9. The summed E-state index contributed by atoms with van der Waals surface area (Å²) in [6.07, 6.45) is 0. The van der Waals surface area contributed by atoms with Crippen molar-refractivity contribution >= 4 is 16.8 Å². The molecular formula is C23H25N3O3. The molecule has 0 bridgehead atoms. The number of aromatic nitrogens is 1. The molecule has 0 unspecified atom stereocenters. The van der Waals surface area contributed by atoms with Gasteiger partial charge in [0.25, 0.3) is 0 Å². The predicted molar refractivity (Wildman–Crippen MR) is 113 cm³/mol. The summed E-state index contributed by atoms with van der Waals surface area (Å²) in [7, 11) is 3.31. The SMILES string of the molecule is COc1ccc(OC)c(-c2nc3c(C)cccc3cc2CN2CCNC(=O)C2)c1. The molecule has 2 aromatic carbocycles. The smallest absolute Gasteiger partial charge is 0.234 e. The van der Waals surface area contributed by atoms with Gasteiger partial charge in [-0.3, -0.25) is 9.69 Å². The highest BCUT2D eigenvalue weighted by Gasteiger charge is 2.21. The molecule has 6 nitrogen and oxygen atoms in total. The number of methoxy groups -OCH3 is 2. The van der Waals surface area contributed by atoms with Crippen molar-refractivity contribution < 1.29 is 14.3 Å². The molecule has 0 spiro atoms. The molecule has 0 radical (unpaired) electrons. The minimum absolute atomic E-state index is 0.0568. The van der Waals surface area contributed by atoms with Gasteiger partial charge in [0.05, 0.1) is 32.0 Å². The summed E-state index contributed by atoms with van der Waals surface area (Å²) >= 11 is 0. The standard InChI is InChI=1S/C23H25N3O3/c1-15-5-4-6-16-11-17(13-26-10-9-24-21(27)14-26)23(25-22(15)16)19-12-18(28-2)7-8-20(19)29-3/h4-8,11-12H,9-10,13-14H2,1-3H3,(H,24,27). The van der Waals surface area contributed by atoms with Crippen LogP contribution in [0.1, 0.15) is 11.1 Å². The molecule has 2 heterocycles. The average molecular weight is 391 g/mol. The number of nitrogens with zero attached hydrogens (tertiary/aromatic N) is 2. The van der Waals surface area contributed by atoms with Crippen LogP contribution in [0.5, 0.6) is 11.5 Å². The number of amides is 1. The number of fused-ring (bicyclic) bond motifs is 1. The Labute approximate surface area is 170 Å². The van der Waals surface area contributed by atoms with Crippen LogP contribution in [0.15, 0.2) is 42.5 Å². The van der Waals surface area contributed by atoms with Gasteiger partial charge in [0, 0.05) is 30.6 Å². The lowest BCUT2D eigenvalue weighted by Crippen LogP contribution is -2.47. The van der Waals surface area contributed by atoms with E-state index in [-0.39, 0.29) is 5.91 Å². The number of para-hydroxylation sites is 1. The molecule has 0 aliphatic carbocycles. The lowest BCUT2D eigenvalue weighted by Gasteiger charge is -2.27. The van der Waals surface area contributed by atoms with E-state index >= 15 is 0 Å². The van der Waals surface area contributed by atoms with Crippen LogP contribution in [-0.4, -0.2) is 49.6 Å². The van der Waals surface area contributed by atoms with Crippen molar-refractivity contribution in [3.8, 4) is 22.8 Å². The van der Waals surface area contributed by atoms with Crippen LogP contribution >= 0.6 is 0 Å². The Morgan fingerprint density at radius 2 is 2.00 bits per heavy atom. The molecule has 3 aromatic rings. The zero-order valence-electron chi connectivity index (χ0n) is 17.0. The van der Waals surface area contributed by atoms with Crippen molar-refractivity contribution in [1.29, 1.82) is 0 Å². The Balaban J connectivity index is 1.88. The summed E-state index contributed by atoms with van der Waals surface area (Å²) < 4.78 is 11.1. The molecule has 0 atom stereocenters. The van der Waals surface area contributed by atoms with Crippen molar-refractivity contribution in [2.75, 3.05) is 33.9 Å². The molecule has 1 aromatic heterocycles. The Morgan fingerprint density at radius 3 is 2.76 bits per heavy atom. The number of carbonyl (C=O) groups excluding carboxylic acids is 1. The fraction of sp³-hybridized carbons (Fsp3) is 0.304. The van der Waals surface area contributed by atoms with Crippen molar-refractivity contribution in [1.82, 2.24) is 15.2 Å². The van der Waals surface area contributed by atoms with Gasteiger partial charge in [-0.2, -0.15) is 0 Å². The van der Waals surface area contributed by atoms with E-state index < -0.39 is 0 Å². The Hall–Kier alpha value is -3.12. The van der Waals surface area contributed by atoms with Gasteiger partial charge in [-0.05, 0) is 42.3 Å². The maximum Gasteiger partial charge on any atom is 0.234 e. The number of rotatable bonds is 5. The molecule has 4 rings (SSSR count). The van der Waals surface area contributed by atoms with E-state index in [1.807, 2.05) is 24.3 Å². The number of hydrogen-bond donors (Lipinski definition) is 1. The molecule has 1 fully saturated rings. The van der Waals surface area contributed by atoms with Gasteiger partial charge < -0.3 is 14.8 Å². The molecule has 1 aliphatic rings. The molecule has 1 aliphatic heterocycles. The van der Waals surface area contributed by atoms with Crippen LogP contribution in [0.2, 0.25) is 0 Å². The monoisotopic (exact) mass is 391 g/mol. The van der Waals surface area contributed by atoms with E-state index in [2.05, 4.69) is 35.3 Å². The number of hydrogen-bond acceptors (Lipinski definition) is 5. The summed E-state index contributed by atoms with van der Waals surface area (Å²) in [6.45, 7) is 4.57. The van der Waals surface area contributed by atoms with E-state index in [0.29, 0.717) is 19.6 Å². The third-order valence-electron chi connectivity index (χ3n) is 5.30. The molecule has 150 valence electrons. The summed E-state index contributed by atoms with van der Waals surface area (Å²) in [5.41, 5.74) is 4.88. The van der Waals surface area contributed by atoms with Gasteiger partial charge in [0.2, 0.25) is 5.91 Å². The maximum atomic E-state index is 11.9. The van der Waals surface area contributed by atoms with E-state index in [0.717, 1.165) is 51.3 Å². The first kappa shape index (κ1) is 19.2. The number of ether oxygens (including phenoxy) is 2. The first-order chi connectivity index (χ1) is 14.1. The predicted octanol–water partition coefficient (Wildman–Crippen LogP) is 3.16. The molecular weight excluding hydrogens is 366 g/mol. The molecule has 1 N–H and O–H groups in total. The fourth-order valence-electron chi connectivity index (χ4n) is 3.81. The van der Waals surface area contributed by atoms with Gasteiger partial charge in [-0.25, -0.2) is 4.98 Å². The minimum atomic E-state index is 0.0568. The van der Waals surface area contributed by atoms with Crippen molar-refractivity contribution in [2.24, 2.45) is 0 Å². The Bertz CT molecular complexity index is 1060. The van der Waals surface area contributed by atoms with Gasteiger partial charge in [-0.15, -0.1) is 0 Å². The van der Waals surface area contributed by atoms with Crippen LogP contribution in [-0.2, 0) is 11.3 Å². The summed E-state index contributed by atoms with van der Waals surface area (Å²) in [5.74, 6) is 1.54. The highest BCUT2D eigenvalue weighted by atomic mass is 16.5. The first-order valence-electron chi connectivity index (χ1n) is 9.69. The number of pyridine rings is 1. The third-order valence-corrected chi connectivity index (χ3v) is 5.30. The second kappa shape index (κ2) is 8.09. The average Bonchev–Trinajstić information content (AvgIpc) is 2.73. The second-order valence-corrected chi connectivity index (χ2v) is 7.27. The molecule has 0 saturated carbocycles. The van der Waals surface area contributed by atoms with E-state index in [1.54, 1.807) is 14.2 Å². The Kier molecular flexibility index (Phi) is 5.36. The molecule has 6 heteroatoms. The van der Waals surface area contributed by atoms with E-state index in [4.69, 9.17) is 14.5 Å². The highest BCUT2D eigenvalue weighted by Crippen LogP contribution is 2.36. The largest absolute Gasteiger partial charge is 0.497 e.